The quantitative estimate of drug-likeness (QED) is 0.623. The molecular weight excluding hydrogens is 189 g/mol. The number of aromatic hydroxyl groups is 1. The van der Waals surface area contributed by atoms with Gasteiger partial charge < -0.3 is 5.11 Å². The van der Waals surface area contributed by atoms with Crippen LogP contribution in [0.2, 0.25) is 0 Å². The summed E-state index contributed by atoms with van der Waals surface area (Å²) in [5.74, 6) is 0.337. The maximum atomic E-state index is 8.90. The van der Waals surface area contributed by atoms with Crippen molar-refractivity contribution in [1.29, 1.82) is 0 Å². The van der Waals surface area contributed by atoms with E-state index >= 15 is 0 Å². The molecule has 1 aromatic carbocycles. The summed E-state index contributed by atoms with van der Waals surface area (Å²) >= 11 is 0. The topological polar surface area (TPSA) is 20.2 Å². The van der Waals surface area contributed by atoms with Gasteiger partial charge in [-0.3, -0.25) is 0 Å². The SMILES string of the molecule is Cc1c[c-]ccc1O.[Y+3]. The van der Waals surface area contributed by atoms with Gasteiger partial charge in [-0.25, -0.2) is 0 Å². The van der Waals surface area contributed by atoms with Crippen LogP contribution in [0.1, 0.15) is 5.56 Å². The fraction of sp³-hybridized carbons (Fsp3) is 0.143. The van der Waals surface area contributed by atoms with Crippen LogP contribution in [0.5, 0.6) is 5.75 Å². The molecule has 0 radical (unpaired) electrons. The van der Waals surface area contributed by atoms with Gasteiger partial charge >= 0.3 is 32.7 Å². The molecule has 0 amide bonds. The fourth-order valence-electron chi connectivity index (χ4n) is 0.506. The molecule has 0 aliphatic heterocycles. The van der Waals surface area contributed by atoms with E-state index < -0.39 is 0 Å². The number of benzene rings is 1. The van der Waals surface area contributed by atoms with Crippen LogP contribution in [0.25, 0.3) is 0 Å². The van der Waals surface area contributed by atoms with Crippen LogP contribution in [-0.4, -0.2) is 5.11 Å². The van der Waals surface area contributed by atoms with E-state index in [2.05, 4.69) is 6.07 Å². The van der Waals surface area contributed by atoms with Crippen molar-refractivity contribution in [2.24, 2.45) is 0 Å². The monoisotopic (exact) mass is 196 g/mol. The second-order valence-electron chi connectivity index (χ2n) is 1.71. The second-order valence-corrected chi connectivity index (χ2v) is 1.71. The van der Waals surface area contributed by atoms with E-state index in [1.54, 1.807) is 18.2 Å². The minimum absolute atomic E-state index is 0. The van der Waals surface area contributed by atoms with Crippen molar-refractivity contribution < 1.29 is 37.8 Å². The van der Waals surface area contributed by atoms with Gasteiger partial charge in [-0.1, -0.05) is 6.92 Å². The summed E-state index contributed by atoms with van der Waals surface area (Å²) in [7, 11) is 0. The Bertz CT molecular complexity index is 165. The largest absolute Gasteiger partial charge is 3.00 e. The summed E-state index contributed by atoms with van der Waals surface area (Å²) in [5, 5.41) is 8.90. The average Bonchev–Trinajstić information content (AvgIpc) is 1.77. The third kappa shape index (κ3) is 2.46. The molecule has 1 aromatic rings. The van der Waals surface area contributed by atoms with Gasteiger partial charge in [0.2, 0.25) is 0 Å². The molecule has 0 spiro atoms. The smallest absolute Gasteiger partial charge is 0.533 e. The van der Waals surface area contributed by atoms with E-state index in [1.165, 1.54) is 0 Å². The number of phenols is 1. The molecule has 0 heterocycles. The number of phenolic OH excluding ortho intramolecular Hbond substituents is 1. The van der Waals surface area contributed by atoms with E-state index in [9.17, 15) is 0 Å². The molecule has 0 atom stereocenters. The van der Waals surface area contributed by atoms with Gasteiger partial charge in [-0.2, -0.15) is 18.2 Å². The first-order valence-corrected chi connectivity index (χ1v) is 2.46. The van der Waals surface area contributed by atoms with E-state index in [0.717, 1.165) is 5.56 Å². The Morgan fingerprint density at radius 1 is 1.56 bits per heavy atom. The van der Waals surface area contributed by atoms with Crippen LogP contribution in [-0.2, 0) is 32.7 Å². The van der Waals surface area contributed by atoms with Crippen LogP contribution in [0.4, 0.5) is 0 Å². The molecule has 1 N–H and O–H groups in total. The molecule has 1 rings (SSSR count). The Hall–Kier alpha value is 0.124. The van der Waals surface area contributed by atoms with Crippen LogP contribution in [0.15, 0.2) is 18.2 Å². The van der Waals surface area contributed by atoms with Gasteiger partial charge in [0.25, 0.3) is 0 Å². The van der Waals surface area contributed by atoms with Crippen LogP contribution in [0, 0.1) is 13.0 Å². The summed E-state index contributed by atoms with van der Waals surface area (Å²) in [6.07, 6.45) is 0. The standard InChI is InChI=1S/C7H7O.Y/c1-6-4-2-3-5-7(6)8;/h3-5,8H,1H3;/q-1;+3. The molecular formula is C7H7OY+2. The summed E-state index contributed by atoms with van der Waals surface area (Å²) in [5.41, 5.74) is 0.868. The minimum atomic E-state index is 0. The number of hydrogen-bond donors (Lipinski definition) is 1. The van der Waals surface area contributed by atoms with Gasteiger partial charge in [0.1, 0.15) is 0 Å². The van der Waals surface area contributed by atoms with Crippen LogP contribution < -0.4 is 0 Å². The van der Waals surface area contributed by atoms with Crippen molar-refractivity contribution in [3.63, 3.8) is 0 Å². The number of rotatable bonds is 0. The maximum absolute atomic E-state index is 8.90. The zero-order valence-electron chi connectivity index (χ0n) is 5.26. The third-order valence-electron chi connectivity index (χ3n) is 1.04. The Morgan fingerprint density at radius 3 is 2.56 bits per heavy atom. The summed E-state index contributed by atoms with van der Waals surface area (Å²) in [4.78, 5) is 0. The Kier molecular flexibility index (Phi) is 4.08. The molecule has 1 nitrogen and oxygen atoms in total. The Morgan fingerprint density at radius 2 is 2.22 bits per heavy atom. The molecule has 0 aliphatic carbocycles. The van der Waals surface area contributed by atoms with Crippen molar-refractivity contribution in [2.75, 3.05) is 0 Å². The second kappa shape index (κ2) is 4.02. The first-order valence-electron chi connectivity index (χ1n) is 2.46. The normalized spacial score (nSPS) is 8.11. The molecule has 0 saturated carbocycles. The average molecular weight is 196 g/mol. The first-order chi connectivity index (χ1) is 3.80. The van der Waals surface area contributed by atoms with Crippen molar-refractivity contribution in [3.8, 4) is 5.75 Å². The van der Waals surface area contributed by atoms with Gasteiger partial charge in [-0.05, 0) is 0 Å². The van der Waals surface area contributed by atoms with Crippen LogP contribution in [0.3, 0.4) is 0 Å². The molecule has 0 aromatic heterocycles. The van der Waals surface area contributed by atoms with E-state index in [0.29, 0.717) is 5.75 Å². The van der Waals surface area contributed by atoms with Crippen molar-refractivity contribution in [2.45, 2.75) is 6.92 Å². The fourth-order valence-corrected chi connectivity index (χ4v) is 0.506. The molecule has 42 valence electrons. The summed E-state index contributed by atoms with van der Waals surface area (Å²) in [6, 6.07) is 7.89. The molecule has 0 bridgehead atoms. The Labute approximate surface area is 80.0 Å². The third-order valence-corrected chi connectivity index (χ3v) is 1.04. The van der Waals surface area contributed by atoms with E-state index in [-0.39, 0.29) is 32.7 Å². The molecule has 0 saturated heterocycles. The Balaban J connectivity index is 0.000000640. The van der Waals surface area contributed by atoms with E-state index in [4.69, 9.17) is 5.11 Å². The maximum Gasteiger partial charge on any atom is 3.00 e. The van der Waals surface area contributed by atoms with Gasteiger partial charge in [0.05, 0.1) is 0 Å². The zero-order valence-corrected chi connectivity index (χ0v) is 8.09. The van der Waals surface area contributed by atoms with Crippen LogP contribution >= 0.6 is 0 Å². The van der Waals surface area contributed by atoms with E-state index in [1.807, 2.05) is 6.92 Å². The minimum Gasteiger partial charge on any atom is -0.533 e. The number of aryl methyl sites for hydroxylation is 1. The molecule has 0 unspecified atom stereocenters. The predicted molar refractivity (Wildman–Crippen MR) is 31.7 cm³/mol. The van der Waals surface area contributed by atoms with Gasteiger partial charge in [-0.15, -0.1) is 11.6 Å². The molecule has 9 heavy (non-hydrogen) atoms. The summed E-state index contributed by atoms with van der Waals surface area (Å²) < 4.78 is 0. The zero-order chi connectivity index (χ0) is 5.98. The van der Waals surface area contributed by atoms with Gasteiger partial charge in [0.15, 0.2) is 0 Å². The van der Waals surface area contributed by atoms with Crippen molar-refractivity contribution >= 4 is 0 Å². The van der Waals surface area contributed by atoms with Gasteiger partial charge in [0, 0.05) is 5.75 Å². The van der Waals surface area contributed by atoms with Crippen molar-refractivity contribution in [1.82, 2.24) is 0 Å². The predicted octanol–water partition coefficient (Wildman–Crippen LogP) is 1.50. The summed E-state index contributed by atoms with van der Waals surface area (Å²) in [6.45, 7) is 1.84. The van der Waals surface area contributed by atoms with Crippen molar-refractivity contribution in [3.05, 3.63) is 29.8 Å². The molecule has 0 fully saturated rings. The number of hydrogen-bond acceptors (Lipinski definition) is 1. The first kappa shape index (κ1) is 9.12. The molecule has 2 heteroatoms. The molecule has 0 aliphatic rings.